The lowest BCUT2D eigenvalue weighted by Gasteiger charge is -2.15. The molecule has 1 unspecified atom stereocenters. The summed E-state index contributed by atoms with van der Waals surface area (Å²) < 4.78 is 4.82. The Morgan fingerprint density at radius 1 is 1.67 bits per heavy atom. The van der Waals surface area contributed by atoms with Gasteiger partial charge in [0.25, 0.3) is 5.91 Å². The van der Waals surface area contributed by atoms with Crippen LogP contribution in [0, 0.1) is 12.8 Å². The maximum absolute atomic E-state index is 11.6. The van der Waals surface area contributed by atoms with Crippen LogP contribution in [-0.2, 0) is 0 Å². The Bertz CT molecular complexity index is 333. The fourth-order valence-corrected chi connectivity index (χ4v) is 1.04. The van der Waals surface area contributed by atoms with Gasteiger partial charge < -0.3 is 15.6 Å². The summed E-state index contributed by atoms with van der Waals surface area (Å²) in [4.78, 5) is 11.6. The van der Waals surface area contributed by atoms with E-state index in [2.05, 4.69) is 10.5 Å². The van der Waals surface area contributed by atoms with Crippen LogP contribution in [0.25, 0.3) is 0 Å². The van der Waals surface area contributed by atoms with Crippen molar-refractivity contribution in [3.8, 4) is 0 Å². The highest BCUT2D eigenvalue weighted by Gasteiger charge is 2.15. The van der Waals surface area contributed by atoms with E-state index in [0.717, 1.165) is 5.56 Å². The largest absolute Gasteiger partial charge is 0.351 e. The van der Waals surface area contributed by atoms with Crippen molar-refractivity contribution >= 4 is 5.91 Å². The number of aryl methyl sites for hydroxylation is 1. The summed E-state index contributed by atoms with van der Waals surface area (Å²) in [6.07, 6.45) is 1.51. The number of nitrogens with one attached hydrogen (secondary N) is 1. The second-order valence-corrected chi connectivity index (χ2v) is 3.96. The van der Waals surface area contributed by atoms with E-state index in [0.29, 0.717) is 12.5 Å². The molecule has 5 heteroatoms. The quantitative estimate of drug-likeness (QED) is 0.768. The minimum absolute atomic E-state index is 0.0443. The Hall–Kier alpha value is -1.36. The molecule has 3 N–H and O–H groups in total. The van der Waals surface area contributed by atoms with Crippen LogP contribution in [0.1, 0.15) is 30.0 Å². The van der Waals surface area contributed by atoms with Crippen molar-refractivity contribution in [2.45, 2.75) is 26.8 Å². The summed E-state index contributed by atoms with van der Waals surface area (Å²) in [7, 11) is 0. The highest BCUT2D eigenvalue weighted by Crippen LogP contribution is 2.05. The minimum Gasteiger partial charge on any atom is -0.351 e. The van der Waals surface area contributed by atoms with Gasteiger partial charge in [0.05, 0.1) is 6.20 Å². The van der Waals surface area contributed by atoms with E-state index in [4.69, 9.17) is 10.3 Å². The van der Waals surface area contributed by atoms with Crippen molar-refractivity contribution in [2.24, 2.45) is 11.7 Å². The third-order valence-corrected chi connectivity index (χ3v) is 2.31. The molecule has 0 aliphatic rings. The predicted molar refractivity (Wildman–Crippen MR) is 56.4 cm³/mol. The van der Waals surface area contributed by atoms with E-state index in [1.807, 2.05) is 13.8 Å². The molecule has 0 spiro atoms. The molecule has 0 radical (unpaired) electrons. The molecular formula is C10H17N3O2. The molecule has 1 aromatic rings. The lowest BCUT2D eigenvalue weighted by atomic mass is 10.1. The Kier molecular flexibility index (Phi) is 3.85. The van der Waals surface area contributed by atoms with E-state index >= 15 is 0 Å². The smallest absolute Gasteiger partial charge is 0.290 e. The number of carbonyl (C=O) groups excluding carboxylic acids is 1. The molecule has 0 saturated carbocycles. The van der Waals surface area contributed by atoms with E-state index in [1.165, 1.54) is 6.20 Å². The van der Waals surface area contributed by atoms with Gasteiger partial charge in [0.2, 0.25) is 5.76 Å². The SMILES string of the molecule is Cc1cnoc1C(=O)NCC(N)C(C)C. The number of rotatable bonds is 4. The van der Waals surface area contributed by atoms with Crippen LogP contribution in [0.4, 0.5) is 0 Å². The average Bonchev–Trinajstić information content (AvgIpc) is 2.60. The van der Waals surface area contributed by atoms with Crippen molar-refractivity contribution < 1.29 is 9.32 Å². The Morgan fingerprint density at radius 3 is 2.80 bits per heavy atom. The lowest BCUT2D eigenvalue weighted by Crippen LogP contribution is -2.40. The molecule has 15 heavy (non-hydrogen) atoms. The first-order valence-corrected chi connectivity index (χ1v) is 4.97. The summed E-state index contributed by atoms with van der Waals surface area (Å²) >= 11 is 0. The predicted octanol–water partition coefficient (Wildman–Crippen LogP) is 0.696. The summed E-state index contributed by atoms with van der Waals surface area (Å²) in [6, 6.07) is -0.0443. The van der Waals surface area contributed by atoms with Gasteiger partial charge in [-0.05, 0) is 12.8 Å². The third kappa shape index (κ3) is 3.06. The fraction of sp³-hybridized carbons (Fsp3) is 0.600. The monoisotopic (exact) mass is 211 g/mol. The van der Waals surface area contributed by atoms with Crippen LogP contribution in [-0.4, -0.2) is 23.7 Å². The molecule has 0 aromatic carbocycles. The summed E-state index contributed by atoms with van der Waals surface area (Å²) in [5, 5.41) is 6.25. The van der Waals surface area contributed by atoms with E-state index in [-0.39, 0.29) is 17.7 Å². The van der Waals surface area contributed by atoms with E-state index in [1.54, 1.807) is 6.92 Å². The van der Waals surface area contributed by atoms with Crippen LogP contribution in [0.5, 0.6) is 0 Å². The van der Waals surface area contributed by atoms with E-state index < -0.39 is 0 Å². The maximum atomic E-state index is 11.6. The van der Waals surface area contributed by atoms with Gasteiger partial charge in [-0.3, -0.25) is 4.79 Å². The fourth-order valence-electron chi connectivity index (χ4n) is 1.04. The number of carbonyl (C=O) groups is 1. The zero-order valence-electron chi connectivity index (χ0n) is 9.28. The zero-order valence-corrected chi connectivity index (χ0v) is 9.28. The van der Waals surface area contributed by atoms with Gasteiger partial charge in [-0.2, -0.15) is 0 Å². The molecule has 0 aliphatic carbocycles. The molecule has 5 nitrogen and oxygen atoms in total. The maximum Gasteiger partial charge on any atom is 0.290 e. The zero-order chi connectivity index (χ0) is 11.4. The number of hydrogen-bond donors (Lipinski definition) is 2. The van der Waals surface area contributed by atoms with Crippen molar-refractivity contribution in [1.29, 1.82) is 0 Å². The second kappa shape index (κ2) is 4.93. The van der Waals surface area contributed by atoms with Gasteiger partial charge in [-0.25, -0.2) is 0 Å². The van der Waals surface area contributed by atoms with Gasteiger partial charge in [-0.1, -0.05) is 19.0 Å². The Morgan fingerprint density at radius 2 is 2.33 bits per heavy atom. The standard InChI is InChI=1S/C10H17N3O2/c1-6(2)8(11)5-12-10(14)9-7(3)4-13-15-9/h4,6,8H,5,11H2,1-3H3,(H,12,14). The van der Waals surface area contributed by atoms with Crippen molar-refractivity contribution in [3.63, 3.8) is 0 Å². The second-order valence-electron chi connectivity index (χ2n) is 3.96. The number of amides is 1. The van der Waals surface area contributed by atoms with Crippen molar-refractivity contribution in [3.05, 3.63) is 17.5 Å². The van der Waals surface area contributed by atoms with Crippen LogP contribution in [0.3, 0.4) is 0 Å². The molecule has 0 bridgehead atoms. The summed E-state index contributed by atoms with van der Waals surface area (Å²) in [6.45, 7) is 6.23. The third-order valence-electron chi connectivity index (χ3n) is 2.31. The molecule has 1 amide bonds. The van der Waals surface area contributed by atoms with E-state index in [9.17, 15) is 4.79 Å². The van der Waals surface area contributed by atoms with Crippen LogP contribution in [0.15, 0.2) is 10.7 Å². The first kappa shape index (κ1) is 11.7. The van der Waals surface area contributed by atoms with Crippen LogP contribution in [0.2, 0.25) is 0 Å². The van der Waals surface area contributed by atoms with Gasteiger partial charge in [0.15, 0.2) is 0 Å². The molecule has 0 saturated heterocycles. The van der Waals surface area contributed by atoms with Crippen molar-refractivity contribution in [1.82, 2.24) is 10.5 Å². The molecule has 1 heterocycles. The van der Waals surface area contributed by atoms with Crippen LogP contribution < -0.4 is 11.1 Å². The Labute approximate surface area is 89.0 Å². The molecule has 1 aromatic heterocycles. The highest BCUT2D eigenvalue weighted by molar-refractivity contribution is 5.92. The summed E-state index contributed by atoms with van der Waals surface area (Å²) in [5.74, 6) is 0.327. The van der Waals surface area contributed by atoms with Gasteiger partial charge >= 0.3 is 0 Å². The summed E-state index contributed by atoms with van der Waals surface area (Å²) in [5.41, 5.74) is 6.52. The van der Waals surface area contributed by atoms with Crippen molar-refractivity contribution in [2.75, 3.05) is 6.54 Å². The van der Waals surface area contributed by atoms with Gasteiger partial charge in [0.1, 0.15) is 0 Å². The van der Waals surface area contributed by atoms with Crippen LogP contribution >= 0.6 is 0 Å². The average molecular weight is 211 g/mol. The number of hydrogen-bond acceptors (Lipinski definition) is 4. The minimum atomic E-state index is -0.263. The molecule has 84 valence electrons. The lowest BCUT2D eigenvalue weighted by molar-refractivity contribution is 0.0911. The normalized spacial score (nSPS) is 12.9. The molecule has 0 fully saturated rings. The Balaban J connectivity index is 2.47. The highest BCUT2D eigenvalue weighted by atomic mass is 16.5. The molecule has 0 aliphatic heterocycles. The number of nitrogens with zero attached hydrogens (tertiary/aromatic N) is 1. The first-order valence-electron chi connectivity index (χ1n) is 4.97. The molecule has 1 rings (SSSR count). The topological polar surface area (TPSA) is 81.2 Å². The van der Waals surface area contributed by atoms with Gasteiger partial charge in [-0.15, -0.1) is 0 Å². The molecular weight excluding hydrogens is 194 g/mol. The number of aromatic nitrogens is 1. The first-order chi connectivity index (χ1) is 7.02. The number of nitrogens with two attached hydrogens (primary N) is 1. The van der Waals surface area contributed by atoms with Gasteiger partial charge in [0, 0.05) is 18.2 Å². The molecule has 1 atom stereocenters.